The van der Waals surface area contributed by atoms with Crippen LogP contribution in [0.25, 0.3) is 10.8 Å². The average molecular weight is 475 g/mol. The molecule has 1 aliphatic heterocycles. The van der Waals surface area contributed by atoms with Gasteiger partial charge in [0.1, 0.15) is 17.3 Å². The number of carbonyl (C=O) groups excluding carboxylic acids is 1. The van der Waals surface area contributed by atoms with Crippen LogP contribution in [0.3, 0.4) is 0 Å². The zero-order valence-electron chi connectivity index (χ0n) is 20.6. The summed E-state index contributed by atoms with van der Waals surface area (Å²) in [6.07, 6.45) is 6.28. The first-order chi connectivity index (χ1) is 16.9. The Morgan fingerprint density at radius 2 is 2.20 bits per heavy atom. The average Bonchev–Trinajstić information content (AvgIpc) is 2.84. The summed E-state index contributed by atoms with van der Waals surface area (Å²) in [5.41, 5.74) is 0.883. The summed E-state index contributed by atoms with van der Waals surface area (Å²) < 4.78 is 0. The summed E-state index contributed by atoms with van der Waals surface area (Å²) in [6, 6.07) is 13.1. The van der Waals surface area contributed by atoms with Crippen molar-refractivity contribution in [3.05, 3.63) is 60.3 Å². The standard InChI is InChI=1S/C27H34N6O2/c1-4-7-19(2)17-31-26(33-13-12-30-21(18-33)10-11-28)16-25(29-3)27(35)32-24-15-22(34)14-20-8-5-6-9-23(20)24/h4-9,14-16,19,21,29-30,34H,10,12-13,17-18H2,1-3H3,(H,32,35)/b7-4-,25-16-,31-26?/t19?,21-/m0/s1. The second-order valence-electron chi connectivity index (χ2n) is 8.64. The molecule has 1 unspecified atom stereocenters. The molecule has 35 heavy (non-hydrogen) atoms. The van der Waals surface area contributed by atoms with Crippen LogP contribution in [0.1, 0.15) is 20.3 Å². The number of aliphatic imine (C=N–C) groups is 1. The molecule has 1 heterocycles. The van der Waals surface area contributed by atoms with Crippen molar-refractivity contribution in [1.82, 2.24) is 15.5 Å². The number of nitrogens with one attached hydrogen (secondary N) is 3. The Hall–Kier alpha value is -3.83. The third-order valence-electron chi connectivity index (χ3n) is 5.86. The minimum absolute atomic E-state index is 0.0471. The zero-order valence-corrected chi connectivity index (χ0v) is 20.6. The molecule has 0 aromatic heterocycles. The first kappa shape index (κ1) is 25.8. The number of phenols is 1. The fourth-order valence-electron chi connectivity index (χ4n) is 4.11. The van der Waals surface area contributed by atoms with E-state index in [-0.39, 0.29) is 23.6 Å². The smallest absolute Gasteiger partial charge is 0.271 e. The molecule has 2 aromatic rings. The van der Waals surface area contributed by atoms with Gasteiger partial charge in [0.2, 0.25) is 0 Å². The van der Waals surface area contributed by atoms with Crippen molar-refractivity contribution in [2.45, 2.75) is 26.3 Å². The lowest BCUT2D eigenvalue weighted by molar-refractivity contribution is -0.113. The summed E-state index contributed by atoms with van der Waals surface area (Å²) in [5.74, 6) is 0.706. The Kier molecular flexibility index (Phi) is 9.27. The van der Waals surface area contributed by atoms with Crippen LogP contribution < -0.4 is 16.0 Å². The highest BCUT2D eigenvalue weighted by atomic mass is 16.3. The molecular weight excluding hydrogens is 440 g/mol. The van der Waals surface area contributed by atoms with E-state index < -0.39 is 0 Å². The number of carbonyl (C=O) groups is 1. The van der Waals surface area contributed by atoms with E-state index in [0.717, 1.165) is 23.9 Å². The molecule has 1 fully saturated rings. The molecule has 0 saturated carbocycles. The third kappa shape index (κ3) is 7.08. The van der Waals surface area contributed by atoms with Crippen molar-refractivity contribution in [3.8, 4) is 11.8 Å². The Labute approximate surface area is 207 Å². The second kappa shape index (κ2) is 12.6. The van der Waals surface area contributed by atoms with E-state index in [1.54, 1.807) is 25.3 Å². The van der Waals surface area contributed by atoms with Gasteiger partial charge in [0.05, 0.1) is 18.2 Å². The van der Waals surface area contributed by atoms with E-state index >= 15 is 0 Å². The van der Waals surface area contributed by atoms with E-state index in [1.165, 1.54) is 0 Å². The molecule has 1 saturated heterocycles. The van der Waals surface area contributed by atoms with Gasteiger partial charge in [-0.15, -0.1) is 0 Å². The molecule has 4 N–H and O–H groups in total. The first-order valence-corrected chi connectivity index (χ1v) is 11.9. The van der Waals surface area contributed by atoms with Gasteiger partial charge in [-0.2, -0.15) is 5.26 Å². The van der Waals surface area contributed by atoms with Gasteiger partial charge in [0.25, 0.3) is 5.91 Å². The van der Waals surface area contributed by atoms with Crippen molar-refractivity contribution in [3.63, 3.8) is 0 Å². The van der Waals surface area contributed by atoms with Crippen LogP contribution >= 0.6 is 0 Å². The SMILES string of the molecule is C/C=C\C(C)CN=C(/C=C(\NC)C(=O)Nc1cc(O)cc2ccccc12)N1CCN[C@@H](CC#N)C1. The minimum atomic E-state index is -0.332. The second-order valence-corrected chi connectivity index (χ2v) is 8.64. The Morgan fingerprint density at radius 3 is 2.94 bits per heavy atom. The first-order valence-electron chi connectivity index (χ1n) is 11.9. The largest absolute Gasteiger partial charge is 0.508 e. The number of rotatable bonds is 8. The summed E-state index contributed by atoms with van der Waals surface area (Å²) in [6.45, 7) is 6.76. The molecule has 3 rings (SSSR count). The summed E-state index contributed by atoms with van der Waals surface area (Å²) in [5, 5.41) is 30.2. The Balaban J connectivity index is 1.90. The number of amidine groups is 1. The Morgan fingerprint density at radius 1 is 1.40 bits per heavy atom. The van der Waals surface area contributed by atoms with E-state index in [0.29, 0.717) is 36.7 Å². The maximum Gasteiger partial charge on any atom is 0.271 e. The molecule has 8 heteroatoms. The molecule has 2 atom stereocenters. The molecule has 0 aliphatic carbocycles. The highest BCUT2D eigenvalue weighted by Gasteiger charge is 2.22. The number of allylic oxidation sites excluding steroid dienone is 1. The van der Waals surface area contributed by atoms with Gasteiger partial charge >= 0.3 is 0 Å². The Bertz CT molecular complexity index is 1160. The number of phenolic OH excluding ortho intramolecular Hbond substituents is 1. The number of nitriles is 1. The summed E-state index contributed by atoms with van der Waals surface area (Å²) in [7, 11) is 1.70. The molecule has 0 spiro atoms. The fraction of sp³-hybridized carbons (Fsp3) is 0.370. The van der Waals surface area contributed by atoms with Gasteiger partial charge in [-0.25, -0.2) is 0 Å². The zero-order chi connectivity index (χ0) is 25.2. The monoisotopic (exact) mass is 474 g/mol. The molecular formula is C27H34N6O2. The van der Waals surface area contributed by atoms with Crippen LogP contribution in [0.5, 0.6) is 5.75 Å². The van der Waals surface area contributed by atoms with Gasteiger partial charge < -0.3 is 26.0 Å². The van der Waals surface area contributed by atoms with Gasteiger partial charge in [-0.1, -0.05) is 43.3 Å². The lowest BCUT2D eigenvalue weighted by Crippen LogP contribution is -2.52. The molecule has 0 bridgehead atoms. The fourth-order valence-corrected chi connectivity index (χ4v) is 4.11. The minimum Gasteiger partial charge on any atom is -0.508 e. The van der Waals surface area contributed by atoms with Crippen molar-refractivity contribution >= 4 is 28.2 Å². The number of nitrogens with zero attached hydrogens (tertiary/aromatic N) is 3. The quantitative estimate of drug-likeness (QED) is 0.202. The lowest BCUT2D eigenvalue weighted by atomic mass is 10.1. The van der Waals surface area contributed by atoms with Gasteiger partial charge in [0, 0.05) is 56.8 Å². The van der Waals surface area contributed by atoms with Crippen LogP contribution in [0, 0.1) is 17.2 Å². The van der Waals surface area contributed by atoms with Crippen molar-refractivity contribution in [2.24, 2.45) is 10.9 Å². The lowest BCUT2D eigenvalue weighted by Gasteiger charge is -2.34. The van der Waals surface area contributed by atoms with Gasteiger partial charge in [-0.3, -0.25) is 9.79 Å². The van der Waals surface area contributed by atoms with Crippen LogP contribution in [0.15, 0.2) is 65.3 Å². The van der Waals surface area contributed by atoms with E-state index in [9.17, 15) is 9.90 Å². The van der Waals surface area contributed by atoms with Crippen molar-refractivity contribution in [2.75, 3.05) is 38.5 Å². The number of anilines is 1. The maximum atomic E-state index is 13.3. The van der Waals surface area contributed by atoms with E-state index in [4.69, 9.17) is 10.3 Å². The molecule has 2 aromatic carbocycles. The normalized spacial score (nSPS) is 17.9. The van der Waals surface area contributed by atoms with Crippen LogP contribution in [-0.2, 0) is 4.79 Å². The summed E-state index contributed by atoms with van der Waals surface area (Å²) >= 11 is 0. The third-order valence-corrected chi connectivity index (χ3v) is 5.86. The van der Waals surface area contributed by atoms with Crippen molar-refractivity contribution < 1.29 is 9.90 Å². The number of benzene rings is 2. The maximum absolute atomic E-state index is 13.3. The highest BCUT2D eigenvalue weighted by molar-refractivity contribution is 6.11. The number of hydrogen-bond donors (Lipinski definition) is 4. The summed E-state index contributed by atoms with van der Waals surface area (Å²) in [4.78, 5) is 20.2. The number of fused-ring (bicyclic) bond motifs is 1. The molecule has 1 amide bonds. The molecule has 1 aliphatic rings. The predicted octanol–water partition coefficient (Wildman–Crippen LogP) is 3.39. The van der Waals surface area contributed by atoms with Gasteiger partial charge in [0.15, 0.2) is 0 Å². The van der Waals surface area contributed by atoms with Crippen LogP contribution in [0.2, 0.25) is 0 Å². The van der Waals surface area contributed by atoms with Crippen molar-refractivity contribution in [1.29, 1.82) is 5.26 Å². The number of hydrogen-bond acceptors (Lipinski definition) is 6. The van der Waals surface area contributed by atoms with Gasteiger partial charge in [-0.05, 0) is 24.3 Å². The molecule has 184 valence electrons. The van der Waals surface area contributed by atoms with Crippen LogP contribution in [-0.4, -0.2) is 61.0 Å². The van der Waals surface area contributed by atoms with E-state index in [2.05, 4.69) is 39.9 Å². The highest BCUT2D eigenvalue weighted by Crippen LogP contribution is 2.28. The van der Waals surface area contributed by atoms with E-state index in [1.807, 2.05) is 37.3 Å². The molecule has 8 nitrogen and oxygen atoms in total. The number of piperazine rings is 1. The van der Waals surface area contributed by atoms with Crippen LogP contribution in [0.4, 0.5) is 5.69 Å². The molecule has 0 radical (unpaired) electrons. The number of aromatic hydroxyl groups is 1. The number of amides is 1. The number of likely N-dealkylation sites (N-methyl/N-ethyl adjacent to an activating group) is 1. The predicted molar refractivity (Wildman–Crippen MR) is 141 cm³/mol. The topological polar surface area (TPSA) is 113 Å².